The summed E-state index contributed by atoms with van der Waals surface area (Å²) in [6, 6.07) is 0. The van der Waals surface area contributed by atoms with Gasteiger partial charge in [0.1, 0.15) is 0 Å². The third kappa shape index (κ3) is 2.49. The van der Waals surface area contributed by atoms with Gasteiger partial charge in [0.15, 0.2) is 0 Å². The van der Waals surface area contributed by atoms with Crippen LogP contribution in [0.1, 0.15) is 39.5 Å². The van der Waals surface area contributed by atoms with E-state index in [2.05, 4.69) is 13.8 Å². The van der Waals surface area contributed by atoms with Crippen molar-refractivity contribution in [2.45, 2.75) is 44.9 Å². The summed E-state index contributed by atoms with van der Waals surface area (Å²) < 4.78 is 0. The van der Waals surface area contributed by atoms with E-state index in [-0.39, 0.29) is 0 Å². The lowest BCUT2D eigenvalue weighted by molar-refractivity contribution is 0.465. The molecule has 0 spiro atoms. The summed E-state index contributed by atoms with van der Waals surface area (Å²) in [6.45, 7) is 4.44. The van der Waals surface area contributed by atoms with Gasteiger partial charge in [0.05, 0.1) is 0 Å². The van der Waals surface area contributed by atoms with Crippen LogP contribution in [0.4, 0.5) is 0 Å². The number of halogens is 1. The number of alkyl halides is 1. The summed E-state index contributed by atoms with van der Waals surface area (Å²) in [5.74, 6) is 1.77. The van der Waals surface area contributed by atoms with Crippen LogP contribution in [0, 0.1) is 11.8 Å². The summed E-state index contributed by atoms with van der Waals surface area (Å²) in [6.07, 6.45) is 5.40. The van der Waals surface area contributed by atoms with Gasteiger partial charge in [-0.3, -0.25) is 0 Å². The zero-order valence-corrected chi connectivity index (χ0v) is 7.69. The first-order chi connectivity index (χ1) is 4.74. The standard InChI is InChI=1S/C9H17Cl/c1-3-9(10)7(2)6-8-4-5-8/h7-9H,3-6H2,1-2H3. The molecule has 0 aromatic heterocycles. The normalized spacial score (nSPS) is 24.3. The van der Waals surface area contributed by atoms with Crippen molar-refractivity contribution in [1.82, 2.24) is 0 Å². The SMILES string of the molecule is CCC(Cl)C(C)CC1CC1. The number of hydrogen-bond donors (Lipinski definition) is 0. The van der Waals surface area contributed by atoms with Gasteiger partial charge in [-0.2, -0.15) is 0 Å². The topological polar surface area (TPSA) is 0 Å². The minimum Gasteiger partial charge on any atom is -0.123 e. The maximum atomic E-state index is 6.09. The molecule has 1 aliphatic rings. The maximum Gasteiger partial charge on any atom is 0.0359 e. The van der Waals surface area contributed by atoms with E-state index in [0.717, 1.165) is 18.3 Å². The molecule has 1 rings (SSSR count). The first kappa shape index (κ1) is 8.39. The number of hydrogen-bond acceptors (Lipinski definition) is 0. The van der Waals surface area contributed by atoms with Crippen LogP contribution in [0.2, 0.25) is 0 Å². The first-order valence-electron chi connectivity index (χ1n) is 4.38. The molecule has 0 amide bonds. The minimum atomic E-state index is 0.417. The van der Waals surface area contributed by atoms with Crippen molar-refractivity contribution in [3.05, 3.63) is 0 Å². The monoisotopic (exact) mass is 160 g/mol. The molecular weight excluding hydrogens is 144 g/mol. The van der Waals surface area contributed by atoms with Gasteiger partial charge >= 0.3 is 0 Å². The highest BCUT2D eigenvalue weighted by Crippen LogP contribution is 2.37. The second kappa shape index (κ2) is 3.61. The smallest absolute Gasteiger partial charge is 0.0359 e. The summed E-state index contributed by atoms with van der Waals surface area (Å²) in [7, 11) is 0. The lowest BCUT2D eigenvalue weighted by Gasteiger charge is -2.15. The molecule has 1 aliphatic carbocycles. The molecule has 0 bridgehead atoms. The molecule has 1 fully saturated rings. The van der Waals surface area contributed by atoms with Gasteiger partial charge in [0.25, 0.3) is 0 Å². The van der Waals surface area contributed by atoms with Gasteiger partial charge in [-0.1, -0.05) is 26.7 Å². The van der Waals surface area contributed by atoms with E-state index in [1.165, 1.54) is 19.3 Å². The lowest BCUT2D eigenvalue weighted by Crippen LogP contribution is -2.10. The van der Waals surface area contributed by atoms with Crippen molar-refractivity contribution in [1.29, 1.82) is 0 Å². The molecule has 0 aromatic carbocycles. The van der Waals surface area contributed by atoms with Gasteiger partial charge in [0, 0.05) is 5.38 Å². The zero-order valence-electron chi connectivity index (χ0n) is 6.94. The van der Waals surface area contributed by atoms with E-state index >= 15 is 0 Å². The van der Waals surface area contributed by atoms with Gasteiger partial charge in [-0.15, -0.1) is 11.6 Å². The molecule has 1 heteroatoms. The molecule has 0 radical (unpaired) electrons. The van der Waals surface area contributed by atoms with E-state index in [4.69, 9.17) is 11.6 Å². The quantitative estimate of drug-likeness (QED) is 0.553. The highest BCUT2D eigenvalue weighted by atomic mass is 35.5. The predicted octanol–water partition coefficient (Wildman–Crippen LogP) is 3.44. The van der Waals surface area contributed by atoms with Crippen molar-refractivity contribution >= 4 is 11.6 Å². The molecule has 0 aromatic rings. The Balaban J connectivity index is 2.11. The predicted molar refractivity (Wildman–Crippen MR) is 46.4 cm³/mol. The van der Waals surface area contributed by atoms with E-state index in [0.29, 0.717) is 5.38 Å². The summed E-state index contributed by atoms with van der Waals surface area (Å²) in [5, 5.41) is 0.417. The molecule has 0 heterocycles. The first-order valence-corrected chi connectivity index (χ1v) is 4.81. The molecule has 2 atom stereocenters. The minimum absolute atomic E-state index is 0.417. The lowest BCUT2D eigenvalue weighted by atomic mass is 9.99. The Bertz CT molecular complexity index is 96.9. The molecule has 60 valence electrons. The van der Waals surface area contributed by atoms with Gasteiger partial charge in [-0.05, 0) is 24.7 Å². The highest BCUT2D eigenvalue weighted by Gasteiger charge is 2.25. The molecule has 2 unspecified atom stereocenters. The third-order valence-corrected chi connectivity index (χ3v) is 3.15. The molecule has 1 saturated carbocycles. The van der Waals surface area contributed by atoms with Crippen molar-refractivity contribution in [2.75, 3.05) is 0 Å². The molecule has 0 saturated heterocycles. The van der Waals surface area contributed by atoms with Crippen molar-refractivity contribution in [2.24, 2.45) is 11.8 Å². The van der Waals surface area contributed by atoms with Crippen LogP contribution in [0.25, 0.3) is 0 Å². The molecule has 0 aliphatic heterocycles. The summed E-state index contributed by atoms with van der Waals surface area (Å²) >= 11 is 6.09. The van der Waals surface area contributed by atoms with Crippen LogP contribution in [-0.4, -0.2) is 5.38 Å². The van der Waals surface area contributed by atoms with Crippen LogP contribution >= 0.6 is 11.6 Å². The zero-order chi connectivity index (χ0) is 7.56. The number of rotatable bonds is 4. The van der Waals surface area contributed by atoms with Gasteiger partial charge in [-0.25, -0.2) is 0 Å². The third-order valence-electron chi connectivity index (χ3n) is 2.41. The summed E-state index contributed by atoms with van der Waals surface area (Å²) in [4.78, 5) is 0. The van der Waals surface area contributed by atoms with E-state index < -0.39 is 0 Å². The molecule has 0 N–H and O–H groups in total. The Kier molecular flexibility index (Phi) is 3.03. The second-order valence-corrected chi connectivity index (χ2v) is 4.14. The van der Waals surface area contributed by atoms with Gasteiger partial charge < -0.3 is 0 Å². The van der Waals surface area contributed by atoms with Crippen molar-refractivity contribution in [3.63, 3.8) is 0 Å². The molecule has 10 heavy (non-hydrogen) atoms. The second-order valence-electron chi connectivity index (χ2n) is 3.58. The Hall–Kier alpha value is 0.290. The van der Waals surface area contributed by atoms with Crippen molar-refractivity contribution in [3.8, 4) is 0 Å². The fraction of sp³-hybridized carbons (Fsp3) is 1.00. The Morgan fingerprint density at radius 2 is 2.10 bits per heavy atom. The van der Waals surface area contributed by atoms with E-state index in [1.807, 2.05) is 0 Å². The largest absolute Gasteiger partial charge is 0.123 e. The fourth-order valence-electron chi connectivity index (χ4n) is 1.43. The Labute approximate surface area is 69.0 Å². The van der Waals surface area contributed by atoms with E-state index in [9.17, 15) is 0 Å². The molecule has 0 nitrogen and oxygen atoms in total. The average molecular weight is 161 g/mol. The average Bonchev–Trinajstić information content (AvgIpc) is 2.70. The van der Waals surface area contributed by atoms with Crippen LogP contribution in [-0.2, 0) is 0 Å². The van der Waals surface area contributed by atoms with Crippen LogP contribution in [0.3, 0.4) is 0 Å². The highest BCUT2D eigenvalue weighted by molar-refractivity contribution is 6.20. The molecular formula is C9H17Cl. The Morgan fingerprint density at radius 1 is 1.50 bits per heavy atom. The Morgan fingerprint density at radius 3 is 2.50 bits per heavy atom. The maximum absolute atomic E-state index is 6.09. The van der Waals surface area contributed by atoms with Gasteiger partial charge in [0.2, 0.25) is 0 Å². The van der Waals surface area contributed by atoms with Crippen LogP contribution in [0.5, 0.6) is 0 Å². The van der Waals surface area contributed by atoms with Crippen LogP contribution in [0.15, 0.2) is 0 Å². The fourth-order valence-corrected chi connectivity index (χ4v) is 1.53. The van der Waals surface area contributed by atoms with E-state index in [1.54, 1.807) is 0 Å². The van der Waals surface area contributed by atoms with Crippen molar-refractivity contribution < 1.29 is 0 Å². The van der Waals surface area contributed by atoms with Crippen LogP contribution < -0.4 is 0 Å². The summed E-state index contributed by atoms with van der Waals surface area (Å²) in [5.41, 5.74) is 0.